The summed E-state index contributed by atoms with van der Waals surface area (Å²) in [5.74, 6) is 1.88. The van der Waals surface area contributed by atoms with Crippen LogP contribution >= 0.6 is 0 Å². The zero-order chi connectivity index (χ0) is 11.9. The molecule has 4 nitrogen and oxygen atoms in total. The first kappa shape index (κ1) is 9.65. The SMILES string of the molecule is c1ccc2c(c1)Cn1ccnc1-c1nccn1C2. The maximum atomic E-state index is 4.42. The van der Waals surface area contributed by atoms with E-state index in [1.165, 1.54) is 11.1 Å². The Labute approximate surface area is 105 Å². The normalized spacial score (nSPS) is 13.1. The molecular weight excluding hydrogens is 224 g/mol. The van der Waals surface area contributed by atoms with Gasteiger partial charge in [-0.1, -0.05) is 24.3 Å². The fourth-order valence-corrected chi connectivity index (χ4v) is 2.52. The number of hydrogen-bond acceptors (Lipinski definition) is 2. The van der Waals surface area contributed by atoms with Crippen molar-refractivity contribution in [2.24, 2.45) is 0 Å². The quantitative estimate of drug-likeness (QED) is 0.469. The number of aromatic nitrogens is 4. The highest BCUT2D eigenvalue weighted by atomic mass is 15.2. The van der Waals surface area contributed by atoms with E-state index in [9.17, 15) is 0 Å². The van der Waals surface area contributed by atoms with Crippen LogP contribution in [0.2, 0.25) is 0 Å². The van der Waals surface area contributed by atoms with E-state index in [1.807, 2.05) is 24.8 Å². The van der Waals surface area contributed by atoms with Crippen LogP contribution in [0.4, 0.5) is 0 Å². The average molecular weight is 236 g/mol. The molecule has 88 valence electrons. The van der Waals surface area contributed by atoms with E-state index < -0.39 is 0 Å². The van der Waals surface area contributed by atoms with Crippen molar-refractivity contribution in [3.05, 3.63) is 60.2 Å². The molecule has 0 aliphatic carbocycles. The number of benzene rings is 1. The van der Waals surface area contributed by atoms with E-state index in [0.29, 0.717) is 0 Å². The Morgan fingerprint density at radius 3 is 1.78 bits per heavy atom. The highest BCUT2D eigenvalue weighted by Crippen LogP contribution is 2.23. The van der Waals surface area contributed by atoms with Crippen molar-refractivity contribution >= 4 is 0 Å². The molecule has 4 heteroatoms. The van der Waals surface area contributed by atoms with Crippen LogP contribution in [0.1, 0.15) is 11.1 Å². The van der Waals surface area contributed by atoms with E-state index in [1.54, 1.807) is 0 Å². The highest BCUT2D eigenvalue weighted by molar-refractivity contribution is 5.47. The maximum absolute atomic E-state index is 4.42. The highest BCUT2D eigenvalue weighted by Gasteiger charge is 2.17. The lowest BCUT2D eigenvalue weighted by molar-refractivity contribution is 0.717. The molecule has 1 aromatic carbocycles. The van der Waals surface area contributed by atoms with Crippen LogP contribution < -0.4 is 0 Å². The molecule has 2 aromatic heterocycles. The van der Waals surface area contributed by atoms with Crippen LogP contribution in [0.3, 0.4) is 0 Å². The summed E-state index contributed by atoms with van der Waals surface area (Å²) >= 11 is 0. The summed E-state index contributed by atoms with van der Waals surface area (Å²) in [6.07, 6.45) is 7.69. The fraction of sp³-hybridized carbons (Fsp3) is 0.143. The number of rotatable bonds is 0. The average Bonchev–Trinajstić information content (AvgIpc) is 2.98. The zero-order valence-corrected chi connectivity index (χ0v) is 9.82. The van der Waals surface area contributed by atoms with Gasteiger partial charge in [-0.15, -0.1) is 0 Å². The molecule has 0 spiro atoms. The largest absolute Gasteiger partial charge is 0.324 e. The Morgan fingerprint density at radius 1 is 0.778 bits per heavy atom. The summed E-state index contributed by atoms with van der Waals surface area (Å²) in [5, 5.41) is 0. The van der Waals surface area contributed by atoms with Crippen LogP contribution in [-0.2, 0) is 13.1 Å². The Balaban J connectivity index is 2.00. The van der Waals surface area contributed by atoms with Crippen LogP contribution in [0.25, 0.3) is 11.6 Å². The van der Waals surface area contributed by atoms with Crippen LogP contribution in [0, 0.1) is 0 Å². The predicted molar refractivity (Wildman–Crippen MR) is 68.1 cm³/mol. The second-order valence-corrected chi connectivity index (χ2v) is 4.53. The van der Waals surface area contributed by atoms with Gasteiger partial charge in [-0.2, -0.15) is 0 Å². The van der Waals surface area contributed by atoms with Gasteiger partial charge in [0.1, 0.15) is 0 Å². The first-order valence-corrected chi connectivity index (χ1v) is 6.01. The summed E-state index contributed by atoms with van der Waals surface area (Å²) in [7, 11) is 0. The van der Waals surface area contributed by atoms with E-state index in [2.05, 4.69) is 43.4 Å². The lowest BCUT2D eigenvalue weighted by Gasteiger charge is -2.17. The third kappa shape index (κ3) is 1.32. The molecule has 1 aliphatic rings. The first-order chi connectivity index (χ1) is 8.92. The van der Waals surface area contributed by atoms with Gasteiger partial charge in [0.2, 0.25) is 0 Å². The van der Waals surface area contributed by atoms with E-state index in [4.69, 9.17) is 0 Å². The van der Waals surface area contributed by atoms with Crippen LogP contribution in [0.15, 0.2) is 49.1 Å². The lowest BCUT2D eigenvalue weighted by Crippen LogP contribution is -2.13. The van der Waals surface area contributed by atoms with Crippen LogP contribution in [-0.4, -0.2) is 19.1 Å². The molecule has 0 unspecified atom stereocenters. The molecule has 3 heterocycles. The van der Waals surface area contributed by atoms with Crippen molar-refractivity contribution in [1.29, 1.82) is 0 Å². The Bertz CT molecular complexity index is 647. The lowest BCUT2D eigenvalue weighted by atomic mass is 10.1. The molecule has 0 atom stereocenters. The second-order valence-electron chi connectivity index (χ2n) is 4.53. The van der Waals surface area contributed by atoms with E-state index in [-0.39, 0.29) is 0 Å². The molecule has 0 amide bonds. The molecule has 3 aromatic rings. The molecule has 0 bridgehead atoms. The van der Waals surface area contributed by atoms with Crippen molar-refractivity contribution < 1.29 is 0 Å². The minimum atomic E-state index is 0.859. The summed E-state index contributed by atoms with van der Waals surface area (Å²) in [5.41, 5.74) is 2.69. The van der Waals surface area contributed by atoms with Gasteiger partial charge in [-0.3, -0.25) is 0 Å². The van der Waals surface area contributed by atoms with Gasteiger partial charge >= 0.3 is 0 Å². The van der Waals surface area contributed by atoms with E-state index >= 15 is 0 Å². The molecule has 0 saturated carbocycles. The molecule has 0 N–H and O–H groups in total. The number of imidazole rings is 2. The predicted octanol–water partition coefficient (Wildman–Crippen LogP) is 2.16. The van der Waals surface area contributed by atoms with Crippen molar-refractivity contribution in [3.63, 3.8) is 0 Å². The van der Waals surface area contributed by atoms with Crippen molar-refractivity contribution in [3.8, 4) is 11.6 Å². The molecule has 4 rings (SSSR count). The smallest absolute Gasteiger partial charge is 0.176 e. The third-order valence-corrected chi connectivity index (χ3v) is 3.43. The molecule has 0 fully saturated rings. The minimum Gasteiger partial charge on any atom is -0.324 e. The van der Waals surface area contributed by atoms with Gasteiger partial charge in [0.25, 0.3) is 0 Å². The van der Waals surface area contributed by atoms with E-state index in [0.717, 1.165) is 24.7 Å². The maximum Gasteiger partial charge on any atom is 0.176 e. The summed E-state index contributed by atoms with van der Waals surface area (Å²) in [4.78, 5) is 8.85. The summed E-state index contributed by atoms with van der Waals surface area (Å²) < 4.78 is 4.30. The number of hydrogen-bond donors (Lipinski definition) is 0. The molecule has 1 aliphatic heterocycles. The topological polar surface area (TPSA) is 35.6 Å². The molecule has 0 saturated heterocycles. The first-order valence-electron chi connectivity index (χ1n) is 6.01. The Hall–Kier alpha value is -2.36. The summed E-state index contributed by atoms with van der Waals surface area (Å²) in [6, 6.07) is 8.54. The van der Waals surface area contributed by atoms with Gasteiger partial charge in [0.15, 0.2) is 11.6 Å². The fourth-order valence-electron chi connectivity index (χ4n) is 2.52. The van der Waals surface area contributed by atoms with Gasteiger partial charge in [-0.05, 0) is 11.1 Å². The van der Waals surface area contributed by atoms with Gasteiger partial charge in [0, 0.05) is 37.9 Å². The standard InChI is InChI=1S/C14H12N4/c1-2-4-12-10-18-8-6-16-14(18)13-15-5-7-17(13)9-11(12)3-1/h1-8H,9-10H2. The molecule has 0 radical (unpaired) electrons. The second kappa shape index (κ2) is 3.57. The monoisotopic (exact) mass is 236 g/mol. The van der Waals surface area contributed by atoms with Gasteiger partial charge in [0.05, 0.1) is 0 Å². The van der Waals surface area contributed by atoms with Crippen molar-refractivity contribution in [2.45, 2.75) is 13.1 Å². The van der Waals surface area contributed by atoms with Crippen molar-refractivity contribution in [2.75, 3.05) is 0 Å². The van der Waals surface area contributed by atoms with Crippen LogP contribution in [0.5, 0.6) is 0 Å². The van der Waals surface area contributed by atoms with Gasteiger partial charge in [-0.25, -0.2) is 9.97 Å². The van der Waals surface area contributed by atoms with Gasteiger partial charge < -0.3 is 9.13 Å². The Morgan fingerprint density at radius 2 is 1.28 bits per heavy atom. The van der Waals surface area contributed by atoms with Crippen molar-refractivity contribution in [1.82, 2.24) is 19.1 Å². The zero-order valence-electron chi connectivity index (χ0n) is 9.82. The number of fused-ring (bicyclic) bond motifs is 4. The molecule has 18 heavy (non-hydrogen) atoms. The molecular formula is C14H12N4. The Kier molecular flexibility index (Phi) is 1.91. The summed E-state index contributed by atoms with van der Waals surface area (Å²) in [6.45, 7) is 1.72. The number of nitrogens with zero attached hydrogens (tertiary/aromatic N) is 4. The minimum absolute atomic E-state index is 0.859. The third-order valence-electron chi connectivity index (χ3n) is 3.43.